The molecule has 2 atom stereocenters. The summed E-state index contributed by atoms with van der Waals surface area (Å²) in [5, 5.41) is 3.70. The van der Waals surface area contributed by atoms with E-state index in [4.69, 9.17) is 9.47 Å². The smallest absolute Gasteiger partial charge is 0.120 e. The first-order chi connectivity index (χ1) is 10.2. The monoisotopic (exact) mass is 291 g/mol. The van der Waals surface area contributed by atoms with Gasteiger partial charge in [-0.3, -0.25) is 0 Å². The Bertz CT molecular complexity index is 413. The normalized spacial score (nSPS) is 20.5. The molecule has 1 heterocycles. The molecule has 1 fully saturated rings. The van der Waals surface area contributed by atoms with Crippen LogP contribution in [0, 0.1) is 5.92 Å². The van der Waals surface area contributed by atoms with Crippen molar-refractivity contribution in [3.63, 3.8) is 0 Å². The van der Waals surface area contributed by atoms with Gasteiger partial charge in [0, 0.05) is 18.6 Å². The summed E-state index contributed by atoms with van der Waals surface area (Å²) in [7, 11) is 0. The van der Waals surface area contributed by atoms with Crippen molar-refractivity contribution in [1.82, 2.24) is 5.32 Å². The maximum atomic E-state index is 5.84. The summed E-state index contributed by atoms with van der Waals surface area (Å²) >= 11 is 0. The van der Waals surface area contributed by atoms with Crippen LogP contribution in [0.3, 0.4) is 0 Å². The van der Waals surface area contributed by atoms with E-state index in [9.17, 15) is 0 Å². The summed E-state index contributed by atoms with van der Waals surface area (Å²) in [5.74, 6) is 1.52. The Morgan fingerprint density at radius 1 is 1.38 bits per heavy atom. The van der Waals surface area contributed by atoms with Crippen LogP contribution in [-0.4, -0.2) is 25.9 Å². The average molecular weight is 291 g/mol. The molecule has 21 heavy (non-hydrogen) atoms. The highest BCUT2D eigenvalue weighted by Crippen LogP contribution is 2.30. The molecule has 1 saturated heterocycles. The largest absolute Gasteiger partial charge is 0.491 e. The van der Waals surface area contributed by atoms with E-state index in [1.807, 2.05) is 6.07 Å². The van der Waals surface area contributed by atoms with Gasteiger partial charge < -0.3 is 14.8 Å². The SMILES string of the molecule is CCCNC(c1cccc(OC(C)C)c1)C1CCCOC1. The molecule has 1 aromatic carbocycles. The molecule has 118 valence electrons. The third kappa shape index (κ3) is 5.01. The minimum Gasteiger partial charge on any atom is -0.491 e. The van der Waals surface area contributed by atoms with Gasteiger partial charge in [0.1, 0.15) is 5.75 Å². The van der Waals surface area contributed by atoms with Gasteiger partial charge in [0.15, 0.2) is 0 Å². The minimum absolute atomic E-state index is 0.209. The van der Waals surface area contributed by atoms with Crippen LogP contribution in [0.1, 0.15) is 51.6 Å². The molecule has 1 aliphatic heterocycles. The van der Waals surface area contributed by atoms with E-state index in [0.717, 1.165) is 38.3 Å². The zero-order chi connectivity index (χ0) is 15.1. The molecule has 2 unspecified atom stereocenters. The molecule has 0 spiro atoms. The highest BCUT2D eigenvalue weighted by atomic mass is 16.5. The summed E-state index contributed by atoms with van der Waals surface area (Å²) in [6.07, 6.45) is 3.75. The first-order valence-corrected chi connectivity index (χ1v) is 8.28. The number of ether oxygens (including phenoxy) is 2. The van der Waals surface area contributed by atoms with E-state index in [1.165, 1.54) is 12.0 Å². The second-order valence-electron chi connectivity index (χ2n) is 6.15. The van der Waals surface area contributed by atoms with Crippen molar-refractivity contribution < 1.29 is 9.47 Å². The van der Waals surface area contributed by atoms with Crippen molar-refractivity contribution in [3.8, 4) is 5.75 Å². The van der Waals surface area contributed by atoms with Crippen LogP contribution in [0.5, 0.6) is 5.75 Å². The Hall–Kier alpha value is -1.06. The Morgan fingerprint density at radius 2 is 2.24 bits per heavy atom. The minimum atomic E-state index is 0.209. The molecular weight excluding hydrogens is 262 g/mol. The van der Waals surface area contributed by atoms with Crippen molar-refractivity contribution in [3.05, 3.63) is 29.8 Å². The fraction of sp³-hybridized carbons (Fsp3) is 0.667. The molecule has 0 aromatic heterocycles. The molecule has 1 aromatic rings. The number of hydrogen-bond acceptors (Lipinski definition) is 3. The Kier molecular flexibility index (Phi) is 6.52. The quantitative estimate of drug-likeness (QED) is 0.825. The van der Waals surface area contributed by atoms with Crippen LogP contribution in [0.2, 0.25) is 0 Å². The third-order valence-electron chi connectivity index (χ3n) is 3.87. The van der Waals surface area contributed by atoms with Gasteiger partial charge in [0.2, 0.25) is 0 Å². The lowest BCUT2D eigenvalue weighted by atomic mass is 9.88. The Balaban J connectivity index is 2.14. The fourth-order valence-corrected chi connectivity index (χ4v) is 2.94. The predicted octanol–water partition coefficient (Wildman–Crippen LogP) is 3.94. The van der Waals surface area contributed by atoms with Crippen LogP contribution < -0.4 is 10.1 Å². The number of hydrogen-bond donors (Lipinski definition) is 1. The first-order valence-electron chi connectivity index (χ1n) is 8.28. The lowest BCUT2D eigenvalue weighted by Gasteiger charge is -2.31. The van der Waals surface area contributed by atoms with E-state index in [1.54, 1.807) is 0 Å². The number of benzene rings is 1. The van der Waals surface area contributed by atoms with Crippen LogP contribution in [-0.2, 0) is 4.74 Å². The van der Waals surface area contributed by atoms with Gasteiger partial charge in [0.25, 0.3) is 0 Å². The first kappa shape index (κ1) is 16.3. The van der Waals surface area contributed by atoms with Gasteiger partial charge in [0.05, 0.1) is 12.7 Å². The zero-order valence-electron chi connectivity index (χ0n) is 13.6. The second-order valence-corrected chi connectivity index (χ2v) is 6.15. The van der Waals surface area contributed by atoms with Gasteiger partial charge in [-0.1, -0.05) is 19.1 Å². The molecule has 3 heteroatoms. The molecule has 0 saturated carbocycles. The van der Waals surface area contributed by atoms with Gasteiger partial charge >= 0.3 is 0 Å². The lowest BCUT2D eigenvalue weighted by Crippen LogP contribution is -2.33. The molecule has 0 bridgehead atoms. The van der Waals surface area contributed by atoms with Crippen molar-refractivity contribution >= 4 is 0 Å². The third-order valence-corrected chi connectivity index (χ3v) is 3.87. The van der Waals surface area contributed by atoms with E-state index in [2.05, 4.69) is 44.3 Å². The molecule has 0 aliphatic carbocycles. The van der Waals surface area contributed by atoms with E-state index in [-0.39, 0.29) is 6.10 Å². The zero-order valence-corrected chi connectivity index (χ0v) is 13.6. The van der Waals surface area contributed by atoms with Crippen molar-refractivity contribution in [2.24, 2.45) is 5.92 Å². The van der Waals surface area contributed by atoms with Crippen LogP contribution >= 0.6 is 0 Å². The van der Waals surface area contributed by atoms with Crippen LogP contribution in [0.25, 0.3) is 0 Å². The maximum Gasteiger partial charge on any atom is 0.120 e. The topological polar surface area (TPSA) is 30.5 Å². The number of rotatable bonds is 7. The van der Waals surface area contributed by atoms with Crippen molar-refractivity contribution in [2.45, 2.75) is 52.2 Å². The predicted molar refractivity (Wildman–Crippen MR) is 86.8 cm³/mol. The average Bonchev–Trinajstić information content (AvgIpc) is 2.48. The summed E-state index contributed by atoms with van der Waals surface area (Å²) in [6.45, 7) is 9.14. The Labute approximate surface area is 129 Å². The number of nitrogens with one attached hydrogen (secondary N) is 1. The summed E-state index contributed by atoms with van der Waals surface area (Å²) < 4.78 is 11.5. The van der Waals surface area contributed by atoms with Gasteiger partial charge in [-0.2, -0.15) is 0 Å². The van der Waals surface area contributed by atoms with Crippen LogP contribution in [0.4, 0.5) is 0 Å². The molecule has 0 amide bonds. The standard InChI is InChI=1S/C18H29NO2/c1-4-10-19-18(16-8-6-11-20-13-16)15-7-5-9-17(12-15)21-14(2)3/h5,7,9,12,14,16,18-19H,4,6,8,10-11,13H2,1-3H3. The lowest BCUT2D eigenvalue weighted by molar-refractivity contribution is 0.0390. The highest BCUT2D eigenvalue weighted by molar-refractivity contribution is 5.31. The van der Waals surface area contributed by atoms with E-state index < -0.39 is 0 Å². The molecule has 2 rings (SSSR count). The van der Waals surface area contributed by atoms with Gasteiger partial charge in [-0.05, 0) is 57.4 Å². The summed E-state index contributed by atoms with van der Waals surface area (Å²) in [5.41, 5.74) is 1.32. The fourth-order valence-electron chi connectivity index (χ4n) is 2.94. The van der Waals surface area contributed by atoms with Crippen molar-refractivity contribution in [1.29, 1.82) is 0 Å². The van der Waals surface area contributed by atoms with Gasteiger partial charge in [-0.25, -0.2) is 0 Å². The molecule has 1 aliphatic rings. The molecular formula is C18H29NO2. The van der Waals surface area contributed by atoms with E-state index in [0.29, 0.717) is 12.0 Å². The van der Waals surface area contributed by atoms with Crippen LogP contribution in [0.15, 0.2) is 24.3 Å². The Morgan fingerprint density at radius 3 is 2.90 bits per heavy atom. The highest BCUT2D eigenvalue weighted by Gasteiger charge is 2.25. The summed E-state index contributed by atoms with van der Waals surface area (Å²) in [4.78, 5) is 0. The summed E-state index contributed by atoms with van der Waals surface area (Å²) in [6, 6.07) is 8.88. The molecule has 1 N–H and O–H groups in total. The van der Waals surface area contributed by atoms with Gasteiger partial charge in [-0.15, -0.1) is 0 Å². The second kappa shape index (κ2) is 8.40. The molecule has 0 radical (unpaired) electrons. The van der Waals surface area contributed by atoms with E-state index >= 15 is 0 Å². The molecule has 3 nitrogen and oxygen atoms in total. The van der Waals surface area contributed by atoms with Crippen molar-refractivity contribution in [2.75, 3.05) is 19.8 Å². The maximum absolute atomic E-state index is 5.84.